The number of benzene rings is 1. The molecule has 1 aliphatic heterocycles. The van der Waals surface area contributed by atoms with Crippen molar-refractivity contribution in [1.82, 2.24) is 25.1 Å². The van der Waals surface area contributed by atoms with Crippen LogP contribution < -0.4 is 16.0 Å². The normalized spacial score (nSPS) is 15.8. The fourth-order valence-corrected chi connectivity index (χ4v) is 4.52. The van der Waals surface area contributed by atoms with Crippen LogP contribution in [-0.2, 0) is 7.05 Å². The first-order valence-corrected chi connectivity index (χ1v) is 11.8. The first kappa shape index (κ1) is 22.8. The van der Waals surface area contributed by atoms with Gasteiger partial charge in [-0.3, -0.25) is 4.79 Å². The highest BCUT2D eigenvalue weighted by atomic mass is 35.5. The molecular formula is C20H20Cl2N6O3S. The zero-order valence-electron chi connectivity index (χ0n) is 17.3. The van der Waals surface area contributed by atoms with E-state index in [1.807, 2.05) is 0 Å². The van der Waals surface area contributed by atoms with Crippen molar-refractivity contribution in [2.75, 3.05) is 24.2 Å². The van der Waals surface area contributed by atoms with Crippen LogP contribution in [0.25, 0.3) is 11.5 Å². The Morgan fingerprint density at radius 3 is 2.69 bits per heavy atom. The SMILES string of the molecule is CSc1nc(Cl)c(C(=O)N(CC2CCCN2)c2cccc(-c3nn(C)c(=O)o3)c2)c(Cl)n1. The summed E-state index contributed by atoms with van der Waals surface area (Å²) in [6.07, 6.45) is 3.75. The van der Waals surface area contributed by atoms with Crippen LogP contribution >= 0.6 is 35.0 Å². The third-order valence-electron chi connectivity index (χ3n) is 5.10. The number of nitrogens with one attached hydrogen (secondary N) is 1. The Hall–Kier alpha value is -2.40. The molecule has 2 aromatic heterocycles. The van der Waals surface area contributed by atoms with Crippen LogP contribution in [0.4, 0.5) is 5.69 Å². The molecule has 1 saturated heterocycles. The third kappa shape index (κ3) is 4.68. The summed E-state index contributed by atoms with van der Waals surface area (Å²) in [6.45, 7) is 1.28. The number of carbonyl (C=O) groups excluding carboxylic acids is 1. The predicted molar refractivity (Wildman–Crippen MR) is 124 cm³/mol. The minimum atomic E-state index is -0.571. The zero-order chi connectivity index (χ0) is 22.8. The molecule has 0 bridgehead atoms. The van der Waals surface area contributed by atoms with Crippen molar-refractivity contribution in [3.8, 4) is 11.5 Å². The van der Waals surface area contributed by atoms with Gasteiger partial charge in [-0.1, -0.05) is 41.0 Å². The average molecular weight is 495 g/mol. The number of hydrogen-bond acceptors (Lipinski definition) is 8. The van der Waals surface area contributed by atoms with Gasteiger partial charge in [0.15, 0.2) is 5.16 Å². The van der Waals surface area contributed by atoms with Gasteiger partial charge in [0.1, 0.15) is 15.9 Å². The topological polar surface area (TPSA) is 106 Å². The van der Waals surface area contributed by atoms with Gasteiger partial charge >= 0.3 is 5.76 Å². The zero-order valence-corrected chi connectivity index (χ0v) is 19.7. The number of anilines is 1. The molecule has 1 N–H and O–H groups in total. The lowest BCUT2D eigenvalue weighted by molar-refractivity contribution is 0.0984. The second-order valence-corrected chi connectivity index (χ2v) is 8.71. The summed E-state index contributed by atoms with van der Waals surface area (Å²) in [6, 6.07) is 7.15. The molecule has 1 fully saturated rings. The van der Waals surface area contributed by atoms with Gasteiger partial charge in [-0.25, -0.2) is 14.8 Å². The Bertz CT molecular complexity index is 1190. The van der Waals surface area contributed by atoms with Crippen molar-refractivity contribution < 1.29 is 9.21 Å². The molecule has 12 heteroatoms. The highest BCUT2D eigenvalue weighted by Crippen LogP contribution is 2.30. The maximum Gasteiger partial charge on any atom is 0.437 e. The lowest BCUT2D eigenvalue weighted by atomic mass is 10.1. The molecule has 32 heavy (non-hydrogen) atoms. The fourth-order valence-electron chi connectivity index (χ4n) is 3.50. The lowest BCUT2D eigenvalue weighted by Crippen LogP contribution is -2.41. The number of nitrogens with zero attached hydrogens (tertiary/aromatic N) is 5. The van der Waals surface area contributed by atoms with Gasteiger partial charge in [-0.2, -0.15) is 4.68 Å². The molecule has 0 saturated carbocycles. The number of aromatic nitrogens is 4. The highest BCUT2D eigenvalue weighted by Gasteiger charge is 2.29. The largest absolute Gasteiger partial charge is 0.437 e. The molecule has 1 amide bonds. The Morgan fingerprint density at radius 2 is 2.09 bits per heavy atom. The van der Waals surface area contributed by atoms with Crippen molar-refractivity contribution >= 4 is 46.6 Å². The van der Waals surface area contributed by atoms with E-state index in [1.54, 1.807) is 35.4 Å². The van der Waals surface area contributed by atoms with Crippen LogP contribution in [0, 0.1) is 0 Å². The van der Waals surface area contributed by atoms with Crippen LogP contribution in [0.15, 0.2) is 38.6 Å². The summed E-state index contributed by atoms with van der Waals surface area (Å²) in [4.78, 5) is 35.2. The summed E-state index contributed by atoms with van der Waals surface area (Å²) in [5.41, 5.74) is 1.18. The second-order valence-electron chi connectivity index (χ2n) is 7.22. The standard InChI is InChI=1S/C20H20Cl2N6O3S/c1-27-20(30)31-17(26-27)11-5-3-7-13(9-11)28(10-12-6-4-8-23-12)18(29)14-15(21)24-19(32-2)25-16(14)22/h3,5,7,9,12,23H,4,6,8,10H2,1-2H3. The maximum atomic E-state index is 13.6. The van der Waals surface area contributed by atoms with Gasteiger partial charge in [-0.05, 0) is 43.8 Å². The smallest absolute Gasteiger partial charge is 0.388 e. The molecule has 1 atom stereocenters. The van der Waals surface area contributed by atoms with E-state index < -0.39 is 11.7 Å². The second kappa shape index (κ2) is 9.62. The highest BCUT2D eigenvalue weighted by molar-refractivity contribution is 7.98. The first-order chi connectivity index (χ1) is 15.4. The number of hydrogen-bond donors (Lipinski definition) is 1. The van der Waals surface area contributed by atoms with Gasteiger partial charge in [0.2, 0.25) is 5.89 Å². The number of carbonyl (C=O) groups is 1. The van der Waals surface area contributed by atoms with Gasteiger partial charge in [-0.15, -0.1) is 5.10 Å². The summed E-state index contributed by atoms with van der Waals surface area (Å²) < 4.78 is 6.30. The van der Waals surface area contributed by atoms with Gasteiger partial charge < -0.3 is 14.6 Å². The minimum absolute atomic E-state index is 0.00407. The van der Waals surface area contributed by atoms with E-state index in [0.29, 0.717) is 23.0 Å². The van der Waals surface area contributed by atoms with Gasteiger partial charge in [0, 0.05) is 30.9 Å². The third-order valence-corrected chi connectivity index (χ3v) is 6.20. The molecule has 0 spiro atoms. The quantitative estimate of drug-likeness (QED) is 0.316. The molecule has 9 nitrogen and oxygen atoms in total. The van der Waals surface area contributed by atoms with Crippen molar-refractivity contribution in [3.05, 3.63) is 50.7 Å². The number of aryl methyl sites for hydroxylation is 1. The van der Waals surface area contributed by atoms with Crippen molar-refractivity contribution in [1.29, 1.82) is 0 Å². The lowest BCUT2D eigenvalue weighted by Gasteiger charge is -2.27. The molecule has 168 valence electrons. The van der Waals surface area contributed by atoms with E-state index in [2.05, 4.69) is 20.4 Å². The van der Waals surface area contributed by atoms with Crippen LogP contribution in [0.3, 0.4) is 0 Å². The summed E-state index contributed by atoms with van der Waals surface area (Å²) in [5, 5.41) is 7.86. The van der Waals surface area contributed by atoms with Crippen molar-refractivity contribution in [3.63, 3.8) is 0 Å². The van der Waals surface area contributed by atoms with E-state index in [-0.39, 0.29) is 27.8 Å². The Morgan fingerprint density at radius 1 is 1.34 bits per heavy atom. The predicted octanol–water partition coefficient (Wildman–Crippen LogP) is 3.26. The van der Waals surface area contributed by atoms with E-state index in [4.69, 9.17) is 27.6 Å². The van der Waals surface area contributed by atoms with Crippen molar-refractivity contribution in [2.24, 2.45) is 7.05 Å². The number of rotatable bonds is 6. The fraction of sp³-hybridized carbons (Fsp3) is 0.350. The number of thioether (sulfide) groups is 1. The van der Waals surface area contributed by atoms with Crippen molar-refractivity contribution in [2.45, 2.75) is 24.0 Å². The molecule has 1 aromatic carbocycles. The Balaban J connectivity index is 1.75. The summed E-state index contributed by atoms with van der Waals surface area (Å²) in [5.74, 6) is -0.825. The molecular weight excluding hydrogens is 475 g/mol. The van der Waals surface area contributed by atoms with Gasteiger partial charge in [0.25, 0.3) is 5.91 Å². The maximum absolute atomic E-state index is 13.6. The van der Waals surface area contributed by atoms with E-state index >= 15 is 0 Å². The monoisotopic (exact) mass is 494 g/mol. The molecule has 1 aliphatic rings. The molecule has 4 rings (SSSR count). The van der Waals surface area contributed by atoms with Crippen LogP contribution in [-0.4, -0.2) is 51.0 Å². The Kier molecular flexibility index (Phi) is 6.85. The first-order valence-electron chi connectivity index (χ1n) is 9.84. The average Bonchev–Trinajstić information content (AvgIpc) is 3.41. The molecule has 0 aliphatic carbocycles. The van der Waals surface area contributed by atoms with Crippen LogP contribution in [0.2, 0.25) is 10.3 Å². The summed E-state index contributed by atoms with van der Waals surface area (Å²) >= 11 is 13.9. The van der Waals surface area contributed by atoms with Crippen LogP contribution in [0.5, 0.6) is 0 Å². The van der Waals surface area contributed by atoms with E-state index in [0.717, 1.165) is 24.1 Å². The number of amides is 1. The minimum Gasteiger partial charge on any atom is -0.388 e. The molecule has 3 aromatic rings. The van der Waals surface area contributed by atoms with E-state index in [9.17, 15) is 9.59 Å². The Labute approximate surface area is 198 Å². The van der Waals surface area contributed by atoms with Crippen LogP contribution in [0.1, 0.15) is 23.2 Å². The van der Waals surface area contributed by atoms with E-state index in [1.165, 1.54) is 18.8 Å². The molecule has 3 heterocycles. The molecule has 0 radical (unpaired) electrons. The van der Waals surface area contributed by atoms with Gasteiger partial charge in [0.05, 0.1) is 0 Å². The molecule has 1 unspecified atom stereocenters. The number of halogens is 2. The summed E-state index contributed by atoms with van der Waals surface area (Å²) in [7, 11) is 1.50.